The molecular weight excluding hydrogens is 254 g/mol. The topological polar surface area (TPSA) is 23.8 Å². The predicted molar refractivity (Wildman–Crippen MR) is 87.8 cm³/mol. The van der Waals surface area contributed by atoms with E-state index in [1.807, 2.05) is 18.2 Å². The van der Waals surface area contributed by atoms with Gasteiger partial charge in [-0.2, -0.15) is 5.26 Å². The molecule has 1 fully saturated rings. The summed E-state index contributed by atoms with van der Waals surface area (Å²) in [6.45, 7) is 2.28. The van der Waals surface area contributed by atoms with Gasteiger partial charge in [-0.3, -0.25) is 0 Å². The Balaban J connectivity index is 1.83. The molecule has 0 N–H and O–H groups in total. The van der Waals surface area contributed by atoms with E-state index in [9.17, 15) is 0 Å². The van der Waals surface area contributed by atoms with Crippen LogP contribution in [0.1, 0.15) is 75.3 Å². The van der Waals surface area contributed by atoms with Gasteiger partial charge in [0, 0.05) is 11.5 Å². The van der Waals surface area contributed by atoms with Gasteiger partial charge in [-0.1, -0.05) is 50.7 Å². The van der Waals surface area contributed by atoms with Crippen molar-refractivity contribution in [1.82, 2.24) is 0 Å². The lowest BCUT2D eigenvalue weighted by Gasteiger charge is -2.29. The highest BCUT2D eigenvalue weighted by molar-refractivity contribution is 5.39. The van der Waals surface area contributed by atoms with Gasteiger partial charge in [0.1, 0.15) is 0 Å². The lowest BCUT2D eigenvalue weighted by molar-refractivity contribution is 0.303. The van der Waals surface area contributed by atoms with Crippen LogP contribution in [0.3, 0.4) is 0 Å². The first-order valence-electron chi connectivity index (χ1n) is 8.33. The molecule has 1 nitrogen and oxygen atoms in total. The van der Waals surface area contributed by atoms with E-state index in [0.717, 1.165) is 17.4 Å². The van der Waals surface area contributed by atoms with E-state index < -0.39 is 0 Å². The van der Waals surface area contributed by atoms with Gasteiger partial charge >= 0.3 is 0 Å². The van der Waals surface area contributed by atoms with Gasteiger partial charge in [0.2, 0.25) is 0 Å². The molecule has 0 aliphatic heterocycles. The van der Waals surface area contributed by atoms with Crippen LogP contribution in [0.4, 0.5) is 0 Å². The Kier molecular flexibility index (Phi) is 6.36. The first-order valence-corrected chi connectivity index (χ1v) is 8.33. The Morgan fingerprint density at radius 2 is 1.76 bits per heavy atom. The lowest BCUT2D eigenvalue weighted by Crippen LogP contribution is -2.13. The Bertz CT molecular complexity index is 516. The largest absolute Gasteiger partial charge is 0.183 e. The van der Waals surface area contributed by atoms with Crippen LogP contribution < -0.4 is 0 Å². The minimum Gasteiger partial charge on any atom is -0.183 e. The van der Waals surface area contributed by atoms with Crippen LogP contribution in [0.25, 0.3) is 0 Å². The van der Waals surface area contributed by atoms with Crippen molar-refractivity contribution >= 4 is 0 Å². The molecule has 0 amide bonds. The standard InChI is InChI=1S/C20H25N/c1-2-3-4-6-17-8-12-19(13-9-17)20-14-10-18(11-15-20)7-5-16-21/h10-11,14-15,17,19H,2-4,6,8-9,12-13H2,1H3/t17-,19-. The zero-order chi connectivity index (χ0) is 14.9. The fourth-order valence-corrected chi connectivity index (χ4v) is 3.41. The highest BCUT2D eigenvalue weighted by Gasteiger charge is 2.21. The second-order valence-corrected chi connectivity index (χ2v) is 6.20. The van der Waals surface area contributed by atoms with Crippen LogP contribution in [0.15, 0.2) is 24.3 Å². The van der Waals surface area contributed by atoms with Gasteiger partial charge in [0.05, 0.1) is 0 Å². The number of hydrogen-bond acceptors (Lipinski definition) is 1. The van der Waals surface area contributed by atoms with E-state index in [4.69, 9.17) is 5.26 Å². The van der Waals surface area contributed by atoms with E-state index in [1.54, 1.807) is 0 Å². The van der Waals surface area contributed by atoms with Crippen LogP contribution >= 0.6 is 0 Å². The van der Waals surface area contributed by atoms with E-state index in [0.29, 0.717) is 0 Å². The second kappa shape index (κ2) is 8.53. The minimum absolute atomic E-state index is 0.727. The molecule has 1 aromatic rings. The Morgan fingerprint density at radius 1 is 1.05 bits per heavy atom. The van der Waals surface area contributed by atoms with Gasteiger partial charge in [0.25, 0.3) is 0 Å². The molecule has 2 rings (SSSR count). The second-order valence-electron chi connectivity index (χ2n) is 6.20. The number of nitrogens with zero attached hydrogens (tertiary/aromatic N) is 1. The third-order valence-corrected chi connectivity index (χ3v) is 4.71. The molecule has 1 saturated carbocycles. The zero-order valence-corrected chi connectivity index (χ0v) is 13.1. The quantitative estimate of drug-likeness (QED) is 0.522. The van der Waals surface area contributed by atoms with Crippen molar-refractivity contribution in [2.75, 3.05) is 0 Å². The lowest BCUT2D eigenvalue weighted by atomic mass is 9.77. The molecule has 1 aromatic carbocycles. The maximum Gasteiger partial charge on any atom is 0.152 e. The van der Waals surface area contributed by atoms with E-state index in [2.05, 4.69) is 30.9 Å². The Labute approximate surface area is 129 Å². The molecule has 0 spiro atoms. The summed E-state index contributed by atoms with van der Waals surface area (Å²) in [6, 6.07) is 10.4. The summed E-state index contributed by atoms with van der Waals surface area (Å²) in [4.78, 5) is 0. The van der Waals surface area contributed by atoms with E-state index in [1.165, 1.54) is 56.9 Å². The molecule has 0 saturated heterocycles. The first-order chi connectivity index (χ1) is 10.3. The monoisotopic (exact) mass is 279 g/mol. The van der Waals surface area contributed by atoms with Gasteiger partial charge < -0.3 is 0 Å². The van der Waals surface area contributed by atoms with Crippen molar-refractivity contribution in [3.63, 3.8) is 0 Å². The molecule has 1 aliphatic rings. The molecule has 21 heavy (non-hydrogen) atoms. The van der Waals surface area contributed by atoms with Crippen LogP contribution in [-0.4, -0.2) is 0 Å². The molecule has 0 radical (unpaired) electrons. The number of nitriles is 1. The average molecular weight is 279 g/mol. The smallest absolute Gasteiger partial charge is 0.152 e. The fourth-order valence-electron chi connectivity index (χ4n) is 3.41. The molecule has 1 aliphatic carbocycles. The normalized spacial score (nSPS) is 21.1. The first kappa shape index (κ1) is 15.7. The third-order valence-electron chi connectivity index (χ3n) is 4.71. The molecular formula is C20H25N. The Morgan fingerprint density at radius 3 is 2.38 bits per heavy atom. The molecule has 0 bridgehead atoms. The van der Waals surface area contributed by atoms with Crippen LogP contribution in [0.5, 0.6) is 0 Å². The number of rotatable bonds is 5. The summed E-state index contributed by atoms with van der Waals surface area (Å²) in [5, 5.41) is 8.46. The van der Waals surface area contributed by atoms with Crippen molar-refractivity contribution in [3.05, 3.63) is 35.4 Å². The van der Waals surface area contributed by atoms with Crippen LogP contribution in [-0.2, 0) is 0 Å². The third kappa shape index (κ3) is 4.95. The summed E-state index contributed by atoms with van der Waals surface area (Å²) in [7, 11) is 0. The summed E-state index contributed by atoms with van der Waals surface area (Å²) in [5.74, 6) is 6.99. The molecule has 0 unspecified atom stereocenters. The number of benzene rings is 1. The van der Waals surface area contributed by atoms with Crippen molar-refractivity contribution in [3.8, 4) is 17.9 Å². The van der Waals surface area contributed by atoms with Crippen molar-refractivity contribution in [2.24, 2.45) is 5.92 Å². The Hall–Kier alpha value is -1.73. The summed E-state index contributed by atoms with van der Waals surface area (Å²) in [5.41, 5.74) is 2.39. The van der Waals surface area contributed by atoms with Gasteiger partial charge in [-0.05, 0) is 55.2 Å². The average Bonchev–Trinajstić information content (AvgIpc) is 2.54. The van der Waals surface area contributed by atoms with Crippen LogP contribution in [0, 0.1) is 29.1 Å². The van der Waals surface area contributed by atoms with Gasteiger partial charge in [0.15, 0.2) is 6.07 Å². The highest BCUT2D eigenvalue weighted by Crippen LogP contribution is 2.37. The molecule has 110 valence electrons. The fraction of sp³-hybridized carbons (Fsp3) is 0.550. The van der Waals surface area contributed by atoms with E-state index >= 15 is 0 Å². The van der Waals surface area contributed by atoms with Gasteiger partial charge in [-0.15, -0.1) is 0 Å². The molecule has 0 aromatic heterocycles. The zero-order valence-electron chi connectivity index (χ0n) is 13.1. The molecule has 0 atom stereocenters. The maximum atomic E-state index is 8.46. The van der Waals surface area contributed by atoms with Crippen molar-refractivity contribution in [2.45, 2.75) is 64.2 Å². The van der Waals surface area contributed by atoms with Crippen molar-refractivity contribution in [1.29, 1.82) is 5.26 Å². The maximum absolute atomic E-state index is 8.46. The summed E-state index contributed by atoms with van der Waals surface area (Å²) in [6.07, 6.45) is 11.0. The number of unbranched alkanes of at least 4 members (excludes halogenated alkanes) is 2. The van der Waals surface area contributed by atoms with Crippen LogP contribution in [0.2, 0.25) is 0 Å². The predicted octanol–water partition coefficient (Wildman–Crippen LogP) is 5.42. The van der Waals surface area contributed by atoms with Gasteiger partial charge in [-0.25, -0.2) is 0 Å². The summed E-state index contributed by atoms with van der Waals surface area (Å²) < 4.78 is 0. The summed E-state index contributed by atoms with van der Waals surface area (Å²) >= 11 is 0. The molecule has 1 heteroatoms. The SMILES string of the molecule is CCCCC[C@H]1CC[C@H](c2ccc(C#CC#N)cc2)CC1. The number of hydrogen-bond donors (Lipinski definition) is 0. The minimum atomic E-state index is 0.727. The van der Waals surface area contributed by atoms with E-state index in [-0.39, 0.29) is 0 Å². The van der Waals surface area contributed by atoms with Crippen molar-refractivity contribution < 1.29 is 0 Å². The highest BCUT2D eigenvalue weighted by atomic mass is 14.3. The molecule has 0 heterocycles.